The highest BCUT2D eigenvalue weighted by molar-refractivity contribution is 5.31. The first-order chi connectivity index (χ1) is 8.35. The number of nitrogens with one attached hydrogen (secondary N) is 2. The largest absolute Gasteiger partial charge is 0.497 e. The predicted octanol–water partition coefficient (Wildman–Crippen LogP) is 1.61. The van der Waals surface area contributed by atoms with Gasteiger partial charge in [0.15, 0.2) is 0 Å². The number of hydrogen-bond donors (Lipinski definition) is 2. The first kappa shape index (κ1) is 12.4. The molecule has 0 aromatic heterocycles. The number of benzene rings is 1. The first-order valence-electron chi connectivity index (χ1n) is 6.34. The molecule has 1 aromatic rings. The van der Waals surface area contributed by atoms with Crippen molar-refractivity contribution >= 4 is 0 Å². The molecule has 17 heavy (non-hydrogen) atoms. The highest BCUT2D eigenvalue weighted by Crippen LogP contribution is 2.30. The highest BCUT2D eigenvalue weighted by atomic mass is 16.5. The fourth-order valence-electron chi connectivity index (χ4n) is 2.67. The molecule has 0 saturated carbocycles. The van der Waals surface area contributed by atoms with Crippen LogP contribution in [0, 0.1) is 5.92 Å². The molecule has 0 spiro atoms. The molecule has 0 radical (unpaired) electrons. The number of rotatable bonds is 5. The summed E-state index contributed by atoms with van der Waals surface area (Å²) >= 11 is 0. The summed E-state index contributed by atoms with van der Waals surface area (Å²) in [4.78, 5) is 0. The maximum atomic E-state index is 5.31. The lowest BCUT2D eigenvalue weighted by molar-refractivity contribution is 0.409. The summed E-state index contributed by atoms with van der Waals surface area (Å²) < 4.78 is 5.31. The topological polar surface area (TPSA) is 33.3 Å². The molecule has 94 valence electrons. The summed E-state index contributed by atoms with van der Waals surface area (Å²) in [7, 11) is 3.75. The maximum Gasteiger partial charge on any atom is 0.119 e. The van der Waals surface area contributed by atoms with Gasteiger partial charge in [-0.05, 0) is 50.2 Å². The Morgan fingerprint density at radius 2 is 2.41 bits per heavy atom. The maximum absolute atomic E-state index is 5.31. The van der Waals surface area contributed by atoms with Crippen LogP contribution in [-0.4, -0.2) is 33.8 Å². The van der Waals surface area contributed by atoms with Crippen LogP contribution in [0.2, 0.25) is 0 Å². The lowest BCUT2D eigenvalue weighted by Gasteiger charge is -2.23. The minimum atomic E-state index is 0.574. The summed E-state index contributed by atoms with van der Waals surface area (Å²) in [6, 6.07) is 8.47. The van der Waals surface area contributed by atoms with Gasteiger partial charge in [0.25, 0.3) is 0 Å². The smallest absolute Gasteiger partial charge is 0.119 e. The molecule has 0 amide bonds. The van der Waals surface area contributed by atoms with E-state index in [1.54, 1.807) is 7.11 Å². The number of ether oxygens (including phenoxy) is 1. The molecule has 3 nitrogen and oxygen atoms in total. The van der Waals surface area contributed by atoms with Crippen LogP contribution < -0.4 is 15.4 Å². The zero-order valence-electron chi connectivity index (χ0n) is 10.7. The zero-order chi connectivity index (χ0) is 12.1. The van der Waals surface area contributed by atoms with E-state index in [2.05, 4.69) is 28.8 Å². The van der Waals surface area contributed by atoms with Crippen LogP contribution in [0.15, 0.2) is 24.3 Å². The van der Waals surface area contributed by atoms with Gasteiger partial charge in [-0.1, -0.05) is 12.1 Å². The van der Waals surface area contributed by atoms with E-state index in [9.17, 15) is 0 Å². The van der Waals surface area contributed by atoms with E-state index in [1.807, 2.05) is 13.1 Å². The average Bonchev–Trinajstić information content (AvgIpc) is 2.89. The Labute approximate surface area is 104 Å². The van der Waals surface area contributed by atoms with Crippen LogP contribution in [0.3, 0.4) is 0 Å². The standard InChI is InChI=1S/C14H22N2O/c1-15-10-14(12-6-7-16-9-12)11-4-3-5-13(8-11)17-2/h3-5,8,12,14-16H,6-7,9-10H2,1-2H3. The Morgan fingerprint density at radius 1 is 1.53 bits per heavy atom. The van der Waals surface area contributed by atoms with Gasteiger partial charge >= 0.3 is 0 Å². The molecule has 1 saturated heterocycles. The van der Waals surface area contributed by atoms with E-state index in [0.717, 1.165) is 31.3 Å². The van der Waals surface area contributed by atoms with Crippen molar-refractivity contribution in [2.45, 2.75) is 12.3 Å². The molecule has 2 atom stereocenters. The van der Waals surface area contributed by atoms with Crippen molar-refractivity contribution in [1.82, 2.24) is 10.6 Å². The second-order valence-electron chi connectivity index (χ2n) is 4.69. The van der Waals surface area contributed by atoms with Crippen molar-refractivity contribution in [2.75, 3.05) is 33.8 Å². The summed E-state index contributed by atoms with van der Waals surface area (Å²) in [5.74, 6) is 2.26. The van der Waals surface area contributed by atoms with Crippen molar-refractivity contribution in [3.8, 4) is 5.75 Å². The molecule has 2 unspecified atom stereocenters. The van der Waals surface area contributed by atoms with Crippen LogP contribution in [0.25, 0.3) is 0 Å². The summed E-state index contributed by atoms with van der Waals surface area (Å²) in [6.45, 7) is 3.30. The van der Waals surface area contributed by atoms with Gasteiger partial charge < -0.3 is 15.4 Å². The van der Waals surface area contributed by atoms with Crippen LogP contribution >= 0.6 is 0 Å². The van der Waals surface area contributed by atoms with Gasteiger partial charge in [0.2, 0.25) is 0 Å². The zero-order valence-corrected chi connectivity index (χ0v) is 10.7. The molecule has 1 fully saturated rings. The van der Waals surface area contributed by atoms with E-state index in [-0.39, 0.29) is 0 Å². The third-order valence-electron chi connectivity index (χ3n) is 3.61. The van der Waals surface area contributed by atoms with Gasteiger partial charge in [0, 0.05) is 12.5 Å². The van der Waals surface area contributed by atoms with Gasteiger partial charge in [-0.15, -0.1) is 0 Å². The quantitative estimate of drug-likeness (QED) is 0.812. The third-order valence-corrected chi connectivity index (χ3v) is 3.61. The van der Waals surface area contributed by atoms with Crippen molar-refractivity contribution in [2.24, 2.45) is 5.92 Å². The highest BCUT2D eigenvalue weighted by Gasteiger charge is 2.25. The molecule has 2 rings (SSSR count). The fourth-order valence-corrected chi connectivity index (χ4v) is 2.67. The SMILES string of the molecule is CNCC(c1cccc(OC)c1)C1CCNC1. The second-order valence-corrected chi connectivity index (χ2v) is 4.69. The van der Waals surface area contributed by atoms with Gasteiger partial charge in [-0.3, -0.25) is 0 Å². The molecule has 0 bridgehead atoms. The number of likely N-dealkylation sites (N-methyl/N-ethyl adjacent to an activating group) is 1. The molecule has 2 N–H and O–H groups in total. The Kier molecular flexibility index (Phi) is 4.40. The fraction of sp³-hybridized carbons (Fsp3) is 0.571. The molecular weight excluding hydrogens is 212 g/mol. The van der Waals surface area contributed by atoms with Crippen LogP contribution in [0.4, 0.5) is 0 Å². The normalized spacial score (nSPS) is 21.4. The third kappa shape index (κ3) is 2.99. The molecule has 1 aliphatic rings. The van der Waals surface area contributed by atoms with E-state index >= 15 is 0 Å². The Balaban J connectivity index is 2.18. The molecular formula is C14H22N2O. The van der Waals surface area contributed by atoms with E-state index in [0.29, 0.717) is 5.92 Å². The van der Waals surface area contributed by atoms with Crippen molar-refractivity contribution in [3.63, 3.8) is 0 Å². The average molecular weight is 234 g/mol. The van der Waals surface area contributed by atoms with Gasteiger partial charge in [-0.2, -0.15) is 0 Å². The summed E-state index contributed by atoms with van der Waals surface area (Å²) in [5.41, 5.74) is 1.38. The van der Waals surface area contributed by atoms with Crippen molar-refractivity contribution < 1.29 is 4.74 Å². The number of methoxy groups -OCH3 is 1. The lowest BCUT2D eigenvalue weighted by atomic mass is 9.85. The Bertz CT molecular complexity index is 348. The monoisotopic (exact) mass is 234 g/mol. The Hall–Kier alpha value is -1.06. The molecule has 0 aliphatic carbocycles. The van der Waals surface area contributed by atoms with E-state index in [1.165, 1.54) is 12.0 Å². The Morgan fingerprint density at radius 3 is 3.06 bits per heavy atom. The second kappa shape index (κ2) is 6.03. The van der Waals surface area contributed by atoms with Crippen LogP contribution in [0.1, 0.15) is 17.9 Å². The molecule has 1 aromatic carbocycles. The van der Waals surface area contributed by atoms with Gasteiger partial charge in [-0.25, -0.2) is 0 Å². The predicted molar refractivity (Wildman–Crippen MR) is 70.6 cm³/mol. The van der Waals surface area contributed by atoms with E-state index < -0.39 is 0 Å². The first-order valence-corrected chi connectivity index (χ1v) is 6.34. The molecule has 3 heteroatoms. The summed E-state index contributed by atoms with van der Waals surface area (Å²) in [6.07, 6.45) is 1.27. The lowest BCUT2D eigenvalue weighted by Crippen LogP contribution is -2.25. The minimum absolute atomic E-state index is 0.574. The summed E-state index contributed by atoms with van der Waals surface area (Å²) in [5, 5.41) is 6.76. The molecule has 1 aliphatic heterocycles. The van der Waals surface area contributed by atoms with Crippen LogP contribution in [0.5, 0.6) is 5.75 Å². The number of hydrogen-bond acceptors (Lipinski definition) is 3. The van der Waals surface area contributed by atoms with Crippen molar-refractivity contribution in [3.05, 3.63) is 29.8 Å². The minimum Gasteiger partial charge on any atom is -0.497 e. The van der Waals surface area contributed by atoms with Gasteiger partial charge in [0.1, 0.15) is 5.75 Å². The van der Waals surface area contributed by atoms with E-state index in [4.69, 9.17) is 4.74 Å². The van der Waals surface area contributed by atoms with Crippen molar-refractivity contribution in [1.29, 1.82) is 0 Å². The molecule has 1 heterocycles. The van der Waals surface area contributed by atoms with Crippen LogP contribution in [-0.2, 0) is 0 Å². The van der Waals surface area contributed by atoms with Gasteiger partial charge in [0.05, 0.1) is 7.11 Å².